The van der Waals surface area contributed by atoms with Gasteiger partial charge in [-0.1, -0.05) is 32.1 Å². The molecule has 3 rings (SSSR count). The third-order valence-electron chi connectivity index (χ3n) is 6.40. The average molecular weight is 466 g/mol. The minimum Gasteiger partial charge on any atom is -0.493 e. The lowest BCUT2D eigenvalue weighted by molar-refractivity contribution is 0.273. The zero-order valence-electron chi connectivity index (χ0n) is 21.1. The smallest absolute Gasteiger partial charge is 0.438 e. The van der Waals surface area contributed by atoms with E-state index in [1.54, 1.807) is 36.1 Å². The van der Waals surface area contributed by atoms with E-state index in [1.807, 2.05) is 12.1 Å². The van der Waals surface area contributed by atoms with Gasteiger partial charge in [0.05, 0.1) is 27.9 Å². The van der Waals surface area contributed by atoms with Gasteiger partial charge in [-0.15, -0.1) is 0 Å². The van der Waals surface area contributed by atoms with Crippen LogP contribution in [0.15, 0.2) is 48.7 Å². The van der Waals surface area contributed by atoms with Crippen LogP contribution in [0.5, 0.6) is 23.0 Å². The summed E-state index contributed by atoms with van der Waals surface area (Å²) >= 11 is 0. The molecule has 2 aromatic rings. The van der Waals surface area contributed by atoms with E-state index in [9.17, 15) is 0 Å². The second-order valence-corrected chi connectivity index (χ2v) is 8.62. The number of nitrogens with zero attached hydrogens (tertiary/aromatic N) is 1. The monoisotopic (exact) mass is 466 g/mol. The molecule has 1 radical (unpaired) electrons. The third-order valence-corrected chi connectivity index (χ3v) is 6.40. The average Bonchev–Trinajstić information content (AvgIpc) is 2.86. The Morgan fingerprint density at radius 3 is 2.32 bits per heavy atom. The van der Waals surface area contributed by atoms with Gasteiger partial charge in [0.1, 0.15) is 0 Å². The topological polar surface area (TPSA) is 49.4 Å². The van der Waals surface area contributed by atoms with Gasteiger partial charge in [-0.2, -0.15) is 0 Å². The number of allylic oxidation sites excluding steroid dienone is 1. The van der Waals surface area contributed by atoms with Crippen LogP contribution >= 0.6 is 0 Å². The van der Waals surface area contributed by atoms with Gasteiger partial charge in [0.25, 0.3) is 0 Å². The Balaban J connectivity index is 1.81. The van der Waals surface area contributed by atoms with Crippen molar-refractivity contribution in [3.63, 3.8) is 0 Å². The highest BCUT2D eigenvalue weighted by Gasteiger charge is 2.32. The molecular formula is C27H37BNO5. The lowest BCUT2D eigenvalue weighted by Gasteiger charge is -2.41. The number of unbranched alkanes of at least 4 members (excludes halogenated alkanes) is 1. The molecule has 183 valence electrons. The summed E-state index contributed by atoms with van der Waals surface area (Å²) in [6, 6.07) is 12.4. The van der Waals surface area contributed by atoms with Crippen molar-refractivity contribution < 1.29 is 23.6 Å². The van der Waals surface area contributed by atoms with E-state index < -0.39 is 0 Å². The number of ether oxygens (including phenoxy) is 4. The van der Waals surface area contributed by atoms with Crippen molar-refractivity contribution in [3.05, 3.63) is 59.8 Å². The minimum atomic E-state index is 0.245. The van der Waals surface area contributed by atoms with Crippen molar-refractivity contribution in [1.82, 2.24) is 4.81 Å². The van der Waals surface area contributed by atoms with E-state index >= 15 is 0 Å². The SMILES string of the molecule is C=C1C(Cc2ccc(OCCCC)c(OC)c2)C[C@@H](c2ccc(OC)c(OC)c2)CN1[B]OC. The fourth-order valence-electron chi connectivity index (χ4n) is 4.50. The molecule has 7 heteroatoms. The minimum absolute atomic E-state index is 0.245. The number of hydrogen-bond acceptors (Lipinski definition) is 6. The molecule has 6 nitrogen and oxygen atoms in total. The summed E-state index contributed by atoms with van der Waals surface area (Å²) in [6.45, 7) is 8.05. The van der Waals surface area contributed by atoms with Crippen molar-refractivity contribution in [2.45, 2.75) is 38.5 Å². The van der Waals surface area contributed by atoms with Crippen molar-refractivity contribution >= 4 is 7.62 Å². The summed E-state index contributed by atoms with van der Waals surface area (Å²) in [5.74, 6) is 3.57. The third kappa shape index (κ3) is 6.20. The highest BCUT2D eigenvalue weighted by Crippen LogP contribution is 2.40. The molecule has 1 saturated heterocycles. The van der Waals surface area contributed by atoms with Crippen LogP contribution in [-0.4, -0.2) is 54.0 Å². The Labute approximate surface area is 205 Å². The molecule has 2 aromatic carbocycles. The van der Waals surface area contributed by atoms with Gasteiger partial charge in [-0.25, -0.2) is 0 Å². The molecule has 34 heavy (non-hydrogen) atoms. The molecule has 1 heterocycles. The van der Waals surface area contributed by atoms with Crippen LogP contribution in [0.4, 0.5) is 0 Å². The van der Waals surface area contributed by atoms with Crippen LogP contribution in [0, 0.1) is 5.92 Å². The first kappa shape index (κ1) is 25.8. The quantitative estimate of drug-likeness (QED) is 0.315. The van der Waals surface area contributed by atoms with Gasteiger partial charge in [-0.05, 0) is 60.4 Å². The van der Waals surface area contributed by atoms with Crippen LogP contribution in [0.2, 0.25) is 0 Å². The van der Waals surface area contributed by atoms with Gasteiger partial charge < -0.3 is 28.4 Å². The number of hydrogen-bond donors (Lipinski definition) is 0. The Bertz CT molecular complexity index is 951. The Morgan fingerprint density at radius 2 is 1.65 bits per heavy atom. The molecule has 1 aliphatic heterocycles. The summed E-state index contributed by atoms with van der Waals surface area (Å²) in [7, 11) is 8.44. The van der Waals surface area contributed by atoms with E-state index in [4.69, 9.17) is 23.6 Å². The Hall–Kier alpha value is -2.80. The van der Waals surface area contributed by atoms with Gasteiger partial charge in [-0.3, -0.25) is 0 Å². The second kappa shape index (κ2) is 12.6. The van der Waals surface area contributed by atoms with Crippen LogP contribution in [0.25, 0.3) is 0 Å². The summed E-state index contributed by atoms with van der Waals surface area (Å²) in [4.78, 5) is 2.12. The van der Waals surface area contributed by atoms with Crippen molar-refractivity contribution in [2.24, 2.45) is 5.92 Å². The maximum Gasteiger partial charge on any atom is 0.438 e. The highest BCUT2D eigenvalue weighted by molar-refractivity contribution is 6.24. The highest BCUT2D eigenvalue weighted by atomic mass is 16.5. The Kier molecular flexibility index (Phi) is 9.57. The zero-order chi connectivity index (χ0) is 24.5. The fraction of sp³-hybridized carbons (Fsp3) is 0.481. The van der Waals surface area contributed by atoms with Crippen LogP contribution in [-0.2, 0) is 11.1 Å². The zero-order valence-corrected chi connectivity index (χ0v) is 21.1. The largest absolute Gasteiger partial charge is 0.493 e. The number of rotatable bonds is 12. The lowest BCUT2D eigenvalue weighted by Crippen LogP contribution is -2.40. The van der Waals surface area contributed by atoms with Crippen LogP contribution in [0.3, 0.4) is 0 Å². The van der Waals surface area contributed by atoms with Gasteiger partial charge in [0.15, 0.2) is 23.0 Å². The maximum absolute atomic E-state index is 5.90. The van der Waals surface area contributed by atoms with Gasteiger partial charge in [0, 0.05) is 25.5 Å². The van der Waals surface area contributed by atoms with E-state index in [2.05, 4.69) is 42.6 Å². The number of piperidine rings is 1. The standard InChI is InChI=1S/C27H37BNO5/c1-7-8-13-34-25-11-9-20(15-26(25)31-4)14-22-16-23(18-29(19(22)2)28-33-6)21-10-12-24(30-3)27(17-21)32-5/h9-12,15,17,22-23H,2,7-8,13-14,16,18H2,1,3-6H3/t22?,23-/m1/s1. The molecule has 1 unspecified atom stereocenters. The molecule has 1 fully saturated rings. The molecule has 0 N–H and O–H groups in total. The molecule has 0 aromatic heterocycles. The molecule has 0 spiro atoms. The predicted octanol–water partition coefficient (Wildman–Crippen LogP) is 5.23. The van der Waals surface area contributed by atoms with Crippen molar-refractivity contribution in [2.75, 3.05) is 41.6 Å². The van der Waals surface area contributed by atoms with E-state index in [0.29, 0.717) is 12.5 Å². The summed E-state index contributed by atoms with van der Waals surface area (Å²) in [5, 5.41) is 0. The van der Waals surface area contributed by atoms with E-state index in [-0.39, 0.29) is 5.92 Å². The van der Waals surface area contributed by atoms with Crippen molar-refractivity contribution in [3.8, 4) is 23.0 Å². The first-order chi connectivity index (χ1) is 16.5. The van der Waals surface area contributed by atoms with E-state index in [0.717, 1.165) is 60.9 Å². The molecular weight excluding hydrogens is 429 g/mol. The first-order valence-corrected chi connectivity index (χ1v) is 11.9. The van der Waals surface area contributed by atoms with Crippen LogP contribution < -0.4 is 18.9 Å². The predicted molar refractivity (Wildman–Crippen MR) is 136 cm³/mol. The second-order valence-electron chi connectivity index (χ2n) is 8.62. The maximum atomic E-state index is 5.90. The summed E-state index contributed by atoms with van der Waals surface area (Å²) in [5.41, 5.74) is 3.46. The normalized spacial score (nSPS) is 17.9. The number of methoxy groups -OCH3 is 3. The van der Waals surface area contributed by atoms with Gasteiger partial charge >= 0.3 is 7.62 Å². The summed E-state index contributed by atoms with van der Waals surface area (Å²) in [6.07, 6.45) is 3.94. The van der Waals surface area contributed by atoms with Crippen molar-refractivity contribution in [1.29, 1.82) is 0 Å². The van der Waals surface area contributed by atoms with Gasteiger partial charge in [0.2, 0.25) is 0 Å². The molecule has 0 aliphatic carbocycles. The molecule has 0 bridgehead atoms. The van der Waals surface area contributed by atoms with Crippen LogP contribution in [0.1, 0.15) is 43.2 Å². The summed E-state index contributed by atoms with van der Waals surface area (Å²) < 4.78 is 27.9. The molecule has 0 saturated carbocycles. The number of benzene rings is 2. The lowest BCUT2D eigenvalue weighted by atomic mass is 9.78. The fourth-order valence-corrected chi connectivity index (χ4v) is 4.50. The molecule has 2 atom stereocenters. The molecule has 0 amide bonds. The Morgan fingerprint density at radius 1 is 0.941 bits per heavy atom. The van der Waals surface area contributed by atoms with E-state index in [1.165, 1.54) is 11.1 Å². The molecule has 1 aliphatic rings. The first-order valence-electron chi connectivity index (χ1n) is 11.9.